The molecule has 90 valence electrons. The Morgan fingerprint density at radius 3 is 2.88 bits per heavy atom. The van der Waals surface area contributed by atoms with Crippen LogP contribution in [0.3, 0.4) is 0 Å². The second-order valence-corrected chi connectivity index (χ2v) is 4.57. The van der Waals surface area contributed by atoms with E-state index in [0.29, 0.717) is 13.0 Å². The van der Waals surface area contributed by atoms with E-state index in [1.54, 1.807) is 0 Å². The summed E-state index contributed by atoms with van der Waals surface area (Å²) in [7, 11) is 1.82. The number of rotatable bonds is 3. The highest BCUT2D eigenvalue weighted by Crippen LogP contribution is 2.15. The Hall–Kier alpha value is -1.10. The first kappa shape index (κ1) is 11.4. The van der Waals surface area contributed by atoms with Crippen molar-refractivity contribution in [3.63, 3.8) is 0 Å². The monoisotopic (exact) mass is 225 g/mol. The number of carbonyl (C=O) groups excluding carboxylic acids is 2. The zero-order chi connectivity index (χ0) is 11.5. The van der Waals surface area contributed by atoms with E-state index < -0.39 is 0 Å². The number of hydrogen-bond acceptors (Lipinski definition) is 3. The second kappa shape index (κ2) is 4.82. The maximum absolute atomic E-state index is 12.0. The number of nitrogens with one attached hydrogen (secondary N) is 2. The van der Waals surface area contributed by atoms with Crippen molar-refractivity contribution in [1.29, 1.82) is 0 Å². The zero-order valence-electron chi connectivity index (χ0n) is 9.66. The van der Waals surface area contributed by atoms with Crippen LogP contribution in [0.2, 0.25) is 0 Å². The van der Waals surface area contributed by atoms with Gasteiger partial charge >= 0.3 is 0 Å². The second-order valence-electron chi connectivity index (χ2n) is 4.57. The summed E-state index contributed by atoms with van der Waals surface area (Å²) in [5, 5.41) is 5.94. The van der Waals surface area contributed by atoms with Gasteiger partial charge in [-0.3, -0.25) is 9.59 Å². The molecule has 2 atom stereocenters. The Kier molecular flexibility index (Phi) is 3.43. The summed E-state index contributed by atoms with van der Waals surface area (Å²) in [6.07, 6.45) is 3.41. The van der Waals surface area contributed by atoms with Gasteiger partial charge in [0, 0.05) is 25.6 Å². The van der Waals surface area contributed by atoms with E-state index in [9.17, 15) is 9.59 Å². The van der Waals surface area contributed by atoms with Crippen LogP contribution >= 0.6 is 0 Å². The number of likely N-dealkylation sites (tertiary alicyclic amines) is 1. The highest BCUT2D eigenvalue weighted by Gasteiger charge is 2.30. The number of hydrogen-bond donors (Lipinski definition) is 2. The van der Waals surface area contributed by atoms with Crippen LogP contribution in [-0.2, 0) is 9.59 Å². The van der Waals surface area contributed by atoms with E-state index in [1.165, 1.54) is 0 Å². The molecule has 0 aromatic carbocycles. The van der Waals surface area contributed by atoms with Crippen LogP contribution in [0.4, 0.5) is 0 Å². The van der Waals surface area contributed by atoms with Crippen molar-refractivity contribution < 1.29 is 9.59 Å². The average Bonchev–Trinajstić information content (AvgIpc) is 2.67. The molecular weight excluding hydrogens is 206 g/mol. The first-order valence-corrected chi connectivity index (χ1v) is 5.96. The first-order valence-electron chi connectivity index (χ1n) is 5.96. The lowest BCUT2D eigenvalue weighted by Crippen LogP contribution is -2.52. The van der Waals surface area contributed by atoms with Crippen LogP contribution in [0.1, 0.15) is 25.7 Å². The largest absolute Gasteiger partial charge is 0.352 e. The van der Waals surface area contributed by atoms with Gasteiger partial charge in [0.2, 0.25) is 11.8 Å². The summed E-state index contributed by atoms with van der Waals surface area (Å²) < 4.78 is 0. The Morgan fingerprint density at radius 2 is 2.25 bits per heavy atom. The molecule has 0 radical (unpaired) electrons. The minimum absolute atomic E-state index is 0.0362. The average molecular weight is 225 g/mol. The zero-order valence-corrected chi connectivity index (χ0v) is 9.66. The molecule has 0 bridgehead atoms. The summed E-state index contributed by atoms with van der Waals surface area (Å²) in [5.74, 6) is 0.287. The van der Waals surface area contributed by atoms with Crippen molar-refractivity contribution >= 4 is 11.8 Å². The van der Waals surface area contributed by atoms with E-state index in [2.05, 4.69) is 10.6 Å². The predicted octanol–water partition coefficient (Wildman–Crippen LogP) is -0.525. The summed E-state index contributed by atoms with van der Waals surface area (Å²) in [4.78, 5) is 24.9. The fourth-order valence-corrected chi connectivity index (χ4v) is 2.47. The molecule has 5 nitrogen and oxygen atoms in total. The van der Waals surface area contributed by atoms with Crippen molar-refractivity contribution in [3.8, 4) is 0 Å². The van der Waals surface area contributed by atoms with Gasteiger partial charge in [0.1, 0.15) is 0 Å². The molecule has 2 heterocycles. The van der Waals surface area contributed by atoms with E-state index >= 15 is 0 Å². The highest BCUT2D eigenvalue weighted by atomic mass is 16.2. The summed E-state index contributed by atoms with van der Waals surface area (Å²) in [6, 6.07) is 0.123. The van der Waals surface area contributed by atoms with Crippen LogP contribution in [0.15, 0.2) is 0 Å². The van der Waals surface area contributed by atoms with E-state index in [1.807, 2.05) is 11.9 Å². The van der Waals surface area contributed by atoms with Crippen LogP contribution in [0.5, 0.6) is 0 Å². The van der Waals surface area contributed by atoms with Crippen LogP contribution in [-0.4, -0.2) is 48.9 Å². The van der Waals surface area contributed by atoms with Gasteiger partial charge in [-0.15, -0.1) is 0 Å². The molecule has 0 aliphatic carbocycles. The molecule has 2 aliphatic heterocycles. The van der Waals surface area contributed by atoms with E-state index in [4.69, 9.17) is 0 Å². The third-order valence-corrected chi connectivity index (χ3v) is 3.40. The third kappa shape index (κ3) is 2.35. The SMILES string of the molecule is CNC1CCCN(CC2CCC(=O)N2)C1=O. The minimum Gasteiger partial charge on any atom is -0.352 e. The molecule has 2 unspecified atom stereocenters. The van der Waals surface area contributed by atoms with Gasteiger partial charge in [-0.25, -0.2) is 0 Å². The molecule has 2 aliphatic rings. The molecule has 0 aromatic rings. The smallest absolute Gasteiger partial charge is 0.239 e. The quantitative estimate of drug-likeness (QED) is 0.679. The van der Waals surface area contributed by atoms with E-state index in [0.717, 1.165) is 25.8 Å². The lowest BCUT2D eigenvalue weighted by Gasteiger charge is -2.33. The molecular formula is C11H19N3O2. The number of likely N-dealkylation sites (N-methyl/N-ethyl adjacent to an activating group) is 1. The minimum atomic E-state index is -0.0362. The van der Waals surface area contributed by atoms with Crippen LogP contribution in [0, 0.1) is 0 Å². The topological polar surface area (TPSA) is 61.4 Å². The Balaban J connectivity index is 1.88. The molecule has 5 heteroatoms. The van der Waals surface area contributed by atoms with Crippen molar-refractivity contribution in [2.75, 3.05) is 20.1 Å². The lowest BCUT2D eigenvalue weighted by molar-refractivity contribution is -0.136. The van der Waals surface area contributed by atoms with Gasteiger partial charge in [-0.2, -0.15) is 0 Å². The fourth-order valence-electron chi connectivity index (χ4n) is 2.47. The summed E-state index contributed by atoms with van der Waals surface area (Å²) >= 11 is 0. The van der Waals surface area contributed by atoms with Crippen LogP contribution < -0.4 is 10.6 Å². The maximum atomic E-state index is 12.0. The molecule has 2 rings (SSSR count). The van der Waals surface area contributed by atoms with Crippen LogP contribution in [0.25, 0.3) is 0 Å². The van der Waals surface area contributed by atoms with Gasteiger partial charge in [0.15, 0.2) is 0 Å². The summed E-state index contributed by atoms with van der Waals surface area (Å²) in [6.45, 7) is 1.49. The molecule has 0 aromatic heterocycles. The van der Waals surface area contributed by atoms with Gasteiger partial charge < -0.3 is 15.5 Å². The molecule has 0 spiro atoms. The Bertz CT molecular complexity index is 293. The molecule has 0 saturated carbocycles. The van der Waals surface area contributed by atoms with Gasteiger partial charge in [-0.1, -0.05) is 0 Å². The number of amides is 2. The lowest BCUT2D eigenvalue weighted by atomic mass is 10.0. The van der Waals surface area contributed by atoms with Crippen molar-refractivity contribution in [3.05, 3.63) is 0 Å². The van der Waals surface area contributed by atoms with E-state index in [-0.39, 0.29) is 23.9 Å². The molecule has 2 fully saturated rings. The maximum Gasteiger partial charge on any atom is 0.239 e. The third-order valence-electron chi connectivity index (χ3n) is 3.40. The molecule has 2 N–H and O–H groups in total. The summed E-state index contributed by atoms with van der Waals surface area (Å²) in [5.41, 5.74) is 0. The normalized spacial score (nSPS) is 30.7. The fraction of sp³-hybridized carbons (Fsp3) is 0.818. The highest BCUT2D eigenvalue weighted by molar-refractivity contribution is 5.83. The van der Waals surface area contributed by atoms with Gasteiger partial charge in [0.25, 0.3) is 0 Å². The molecule has 2 saturated heterocycles. The number of nitrogens with zero attached hydrogens (tertiary/aromatic N) is 1. The van der Waals surface area contributed by atoms with Crippen molar-refractivity contribution in [2.24, 2.45) is 0 Å². The number of carbonyl (C=O) groups is 2. The van der Waals surface area contributed by atoms with Crippen molar-refractivity contribution in [2.45, 2.75) is 37.8 Å². The standard InChI is InChI=1S/C11H19N3O2/c1-12-9-3-2-6-14(11(9)16)7-8-4-5-10(15)13-8/h8-9,12H,2-7H2,1H3,(H,13,15). The number of piperidine rings is 1. The first-order chi connectivity index (χ1) is 7.70. The Morgan fingerprint density at radius 1 is 1.44 bits per heavy atom. The molecule has 2 amide bonds. The van der Waals surface area contributed by atoms with Gasteiger partial charge in [-0.05, 0) is 26.3 Å². The molecule has 16 heavy (non-hydrogen) atoms. The van der Waals surface area contributed by atoms with Gasteiger partial charge in [0.05, 0.1) is 6.04 Å². The predicted molar refractivity (Wildman–Crippen MR) is 59.8 cm³/mol. The Labute approximate surface area is 95.6 Å². The van der Waals surface area contributed by atoms with Crippen molar-refractivity contribution in [1.82, 2.24) is 15.5 Å².